The van der Waals surface area contributed by atoms with Crippen LogP contribution in [-0.2, 0) is 14.3 Å². The number of rotatable bonds is 2. The second-order valence-corrected chi connectivity index (χ2v) is 3.59. The molecule has 1 aliphatic rings. The number of carbonyl (C=O) groups excluding carboxylic acids is 2. The van der Waals surface area contributed by atoms with Gasteiger partial charge in [0.05, 0.1) is 12.5 Å². The predicted molar refractivity (Wildman–Crippen MR) is 48.1 cm³/mol. The maximum atomic E-state index is 11.3. The molecule has 0 radical (unpaired) electrons. The molecule has 1 fully saturated rings. The first kappa shape index (κ1) is 10.2. The largest absolute Gasteiger partial charge is 0.466 e. The average molecular weight is 184 g/mol. The summed E-state index contributed by atoms with van der Waals surface area (Å²) < 4.78 is 4.91. The van der Waals surface area contributed by atoms with Crippen molar-refractivity contribution in [3.63, 3.8) is 0 Å². The maximum Gasteiger partial charge on any atom is 0.308 e. The molecule has 1 saturated carbocycles. The van der Waals surface area contributed by atoms with Gasteiger partial charge in [0.25, 0.3) is 0 Å². The van der Waals surface area contributed by atoms with Gasteiger partial charge >= 0.3 is 5.97 Å². The molecule has 0 heterocycles. The number of hydrogen-bond acceptors (Lipinski definition) is 3. The molecule has 1 rings (SSSR count). The number of Topliss-reactive ketones (excluding diaryl/α,β-unsaturated/α-hetero) is 1. The van der Waals surface area contributed by atoms with Gasteiger partial charge in [-0.15, -0.1) is 0 Å². The van der Waals surface area contributed by atoms with E-state index in [2.05, 4.69) is 0 Å². The van der Waals surface area contributed by atoms with Crippen LogP contribution in [0.1, 0.15) is 33.1 Å². The molecule has 0 aromatic rings. The predicted octanol–water partition coefficient (Wildman–Crippen LogP) is 1.55. The van der Waals surface area contributed by atoms with Gasteiger partial charge in [-0.25, -0.2) is 0 Å². The Labute approximate surface area is 78.5 Å². The Bertz CT molecular complexity index is 210. The zero-order valence-corrected chi connectivity index (χ0v) is 8.21. The second-order valence-electron chi connectivity index (χ2n) is 3.59. The summed E-state index contributed by atoms with van der Waals surface area (Å²) in [6.07, 6.45) is 1.87. The number of ketones is 1. The van der Waals surface area contributed by atoms with Crippen molar-refractivity contribution in [2.75, 3.05) is 6.61 Å². The van der Waals surface area contributed by atoms with E-state index in [-0.39, 0.29) is 23.6 Å². The summed E-state index contributed by atoms with van der Waals surface area (Å²) in [6, 6.07) is 0. The fourth-order valence-electron chi connectivity index (χ4n) is 1.71. The first-order valence-electron chi connectivity index (χ1n) is 4.84. The minimum Gasteiger partial charge on any atom is -0.466 e. The third-order valence-corrected chi connectivity index (χ3v) is 2.55. The molecule has 0 aliphatic heterocycles. The van der Waals surface area contributed by atoms with Crippen LogP contribution >= 0.6 is 0 Å². The van der Waals surface area contributed by atoms with Crippen LogP contribution in [0.25, 0.3) is 0 Å². The number of carbonyl (C=O) groups is 2. The van der Waals surface area contributed by atoms with Crippen LogP contribution in [0.5, 0.6) is 0 Å². The van der Waals surface area contributed by atoms with Gasteiger partial charge in [-0.3, -0.25) is 9.59 Å². The molecule has 0 bridgehead atoms. The van der Waals surface area contributed by atoms with Gasteiger partial charge in [0.1, 0.15) is 5.78 Å². The van der Waals surface area contributed by atoms with Gasteiger partial charge < -0.3 is 4.74 Å². The van der Waals surface area contributed by atoms with Gasteiger partial charge in [0, 0.05) is 12.3 Å². The van der Waals surface area contributed by atoms with E-state index in [1.807, 2.05) is 6.92 Å². The van der Waals surface area contributed by atoms with E-state index in [0.717, 1.165) is 0 Å². The van der Waals surface area contributed by atoms with Gasteiger partial charge in [-0.05, 0) is 19.8 Å². The molecule has 0 amide bonds. The van der Waals surface area contributed by atoms with E-state index in [1.54, 1.807) is 6.92 Å². The molecule has 1 aliphatic carbocycles. The van der Waals surface area contributed by atoms with Crippen molar-refractivity contribution in [1.82, 2.24) is 0 Å². The molecule has 0 unspecified atom stereocenters. The van der Waals surface area contributed by atoms with Crippen molar-refractivity contribution in [3.05, 3.63) is 0 Å². The van der Waals surface area contributed by atoms with Crippen LogP contribution in [0, 0.1) is 11.8 Å². The third-order valence-electron chi connectivity index (χ3n) is 2.55. The first-order valence-corrected chi connectivity index (χ1v) is 4.84. The minimum atomic E-state index is -0.137. The van der Waals surface area contributed by atoms with Crippen molar-refractivity contribution in [2.45, 2.75) is 33.1 Å². The maximum absolute atomic E-state index is 11.3. The Kier molecular flexibility index (Phi) is 3.46. The normalized spacial score (nSPS) is 28.6. The Hall–Kier alpha value is -0.860. The van der Waals surface area contributed by atoms with E-state index < -0.39 is 0 Å². The summed E-state index contributed by atoms with van der Waals surface area (Å²) in [5.41, 5.74) is 0. The SMILES string of the molecule is CCOC(=O)[C@H]1CCC(=O)[C@@H](C)C1. The fourth-order valence-corrected chi connectivity index (χ4v) is 1.71. The number of ether oxygens (including phenoxy) is 1. The first-order chi connectivity index (χ1) is 6.15. The van der Waals surface area contributed by atoms with Crippen molar-refractivity contribution >= 4 is 11.8 Å². The monoisotopic (exact) mass is 184 g/mol. The van der Waals surface area contributed by atoms with Crippen molar-refractivity contribution in [1.29, 1.82) is 0 Å². The van der Waals surface area contributed by atoms with Crippen LogP contribution in [0.3, 0.4) is 0 Å². The van der Waals surface area contributed by atoms with Crippen LogP contribution in [-0.4, -0.2) is 18.4 Å². The van der Waals surface area contributed by atoms with Crippen LogP contribution in [0.2, 0.25) is 0 Å². The zero-order valence-electron chi connectivity index (χ0n) is 8.21. The van der Waals surface area contributed by atoms with Crippen LogP contribution < -0.4 is 0 Å². The summed E-state index contributed by atoms with van der Waals surface area (Å²) >= 11 is 0. The number of hydrogen-bond donors (Lipinski definition) is 0. The molecule has 0 saturated heterocycles. The second kappa shape index (κ2) is 4.40. The summed E-state index contributed by atoms with van der Waals surface area (Å²) in [7, 11) is 0. The smallest absolute Gasteiger partial charge is 0.308 e. The highest BCUT2D eigenvalue weighted by Crippen LogP contribution is 2.26. The van der Waals surface area contributed by atoms with Gasteiger partial charge in [0.2, 0.25) is 0 Å². The number of esters is 1. The minimum absolute atomic E-state index is 0.0307. The molecule has 2 atom stereocenters. The van der Waals surface area contributed by atoms with Crippen LogP contribution in [0.15, 0.2) is 0 Å². The van der Waals surface area contributed by atoms with Crippen molar-refractivity contribution in [3.8, 4) is 0 Å². The van der Waals surface area contributed by atoms with Crippen molar-refractivity contribution in [2.24, 2.45) is 11.8 Å². The molecule has 0 N–H and O–H groups in total. The molecule has 0 aromatic carbocycles. The van der Waals surface area contributed by atoms with E-state index in [9.17, 15) is 9.59 Å². The zero-order chi connectivity index (χ0) is 9.84. The molecular formula is C10H16O3. The molecule has 74 valence electrons. The summed E-state index contributed by atoms with van der Waals surface area (Å²) in [5, 5.41) is 0. The molecular weight excluding hydrogens is 168 g/mol. The highest BCUT2D eigenvalue weighted by Gasteiger charge is 2.30. The van der Waals surface area contributed by atoms with E-state index >= 15 is 0 Å². The summed E-state index contributed by atoms with van der Waals surface area (Å²) in [6.45, 7) is 4.11. The topological polar surface area (TPSA) is 43.4 Å². The molecule has 3 heteroatoms. The lowest BCUT2D eigenvalue weighted by atomic mass is 9.81. The highest BCUT2D eigenvalue weighted by atomic mass is 16.5. The fraction of sp³-hybridized carbons (Fsp3) is 0.800. The summed E-state index contributed by atoms with van der Waals surface area (Å²) in [5.74, 6) is 0.123. The average Bonchev–Trinajstić information content (AvgIpc) is 2.10. The molecule has 13 heavy (non-hydrogen) atoms. The van der Waals surface area contributed by atoms with Gasteiger partial charge in [0.15, 0.2) is 0 Å². The van der Waals surface area contributed by atoms with Crippen LogP contribution in [0.4, 0.5) is 0 Å². The Morgan fingerprint density at radius 2 is 2.31 bits per heavy atom. The lowest BCUT2D eigenvalue weighted by Gasteiger charge is -2.23. The Morgan fingerprint density at radius 3 is 2.85 bits per heavy atom. The van der Waals surface area contributed by atoms with Crippen molar-refractivity contribution < 1.29 is 14.3 Å². The van der Waals surface area contributed by atoms with Gasteiger partial charge in [-0.1, -0.05) is 6.92 Å². The van der Waals surface area contributed by atoms with E-state index in [4.69, 9.17) is 4.74 Å². The summed E-state index contributed by atoms with van der Waals surface area (Å²) in [4.78, 5) is 22.5. The lowest BCUT2D eigenvalue weighted by molar-refractivity contribution is -0.150. The third kappa shape index (κ3) is 2.54. The quantitative estimate of drug-likeness (QED) is 0.611. The lowest BCUT2D eigenvalue weighted by Crippen LogP contribution is -2.28. The highest BCUT2D eigenvalue weighted by molar-refractivity contribution is 5.84. The molecule has 0 spiro atoms. The standard InChI is InChI=1S/C10H16O3/c1-3-13-10(12)8-4-5-9(11)7(2)6-8/h7-8H,3-6H2,1-2H3/t7-,8-/m0/s1. The Balaban J connectivity index is 2.45. The van der Waals surface area contributed by atoms with Gasteiger partial charge in [-0.2, -0.15) is 0 Å². The van der Waals surface area contributed by atoms with E-state index in [1.165, 1.54) is 0 Å². The molecule has 0 aromatic heterocycles. The van der Waals surface area contributed by atoms with E-state index in [0.29, 0.717) is 25.9 Å². The Morgan fingerprint density at radius 1 is 1.62 bits per heavy atom. The molecule has 3 nitrogen and oxygen atoms in total.